The van der Waals surface area contributed by atoms with E-state index in [4.69, 9.17) is 4.74 Å². The highest BCUT2D eigenvalue weighted by atomic mass is 16.6. The summed E-state index contributed by atoms with van der Waals surface area (Å²) < 4.78 is 5.23. The number of likely N-dealkylation sites (N-methyl/N-ethyl adjacent to an activating group) is 1. The molecule has 0 aromatic carbocycles. The van der Waals surface area contributed by atoms with E-state index in [1.165, 1.54) is 0 Å². The number of nitrogens with zero attached hydrogens (tertiary/aromatic N) is 1. The third-order valence-corrected chi connectivity index (χ3v) is 3.33. The summed E-state index contributed by atoms with van der Waals surface area (Å²) in [6, 6.07) is 0.793. The molecule has 19 heavy (non-hydrogen) atoms. The third-order valence-electron chi connectivity index (χ3n) is 3.33. The van der Waals surface area contributed by atoms with Crippen LogP contribution in [0, 0.1) is 0 Å². The number of carbonyl (C=O) groups excluding carboxylic acids is 1. The van der Waals surface area contributed by atoms with Crippen LogP contribution in [0.4, 0.5) is 4.79 Å². The molecule has 0 radical (unpaired) electrons. The normalized spacial score (nSPS) is 23.1. The molecule has 5 heteroatoms. The van der Waals surface area contributed by atoms with E-state index in [0.717, 1.165) is 32.5 Å². The molecule has 2 N–H and O–H groups in total. The monoisotopic (exact) mass is 271 g/mol. The number of alkyl carbamates (subject to hydrolysis) is 1. The number of ether oxygens (including phenoxy) is 1. The van der Waals surface area contributed by atoms with Crippen molar-refractivity contribution < 1.29 is 9.53 Å². The van der Waals surface area contributed by atoms with Crippen LogP contribution in [0.1, 0.15) is 40.5 Å². The van der Waals surface area contributed by atoms with Crippen molar-refractivity contribution in [3.8, 4) is 0 Å². The SMILES string of the molecule is CCN(C)CCNC1CC(NC(=O)OC(C)(C)C)C1. The van der Waals surface area contributed by atoms with Gasteiger partial charge in [0, 0.05) is 25.2 Å². The zero-order valence-electron chi connectivity index (χ0n) is 13.0. The molecule has 0 bridgehead atoms. The van der Waals surface area contributed by atoms with Crippen LogP contribution in [0.5, 0.6) is 0 Å². The van der Waals surface area contributed by atoms with Crippen molar-refractivity contribution in [1.82, 2.24) is 15.5 Å². The Morgan fingerprint density at radius 2 is 1.95 bits per heavy atom. The molecule has 0 atom stereocenters. The van der Waals surface area contributed by atoms with Gasteiger partial charge >= 0.3 is 6.09 Å². The van der Waals surface area contributed by atoms with E-state index in [-0.39, 0.29) is 12.1 Å². The first-order valence-corrected chi connectivity index (χ1v) is 7.21. The molecule has 1 saturated carbocycles. The topological polar surface area (TPSA) is 53.6 Å². The van der Waals surface area contributed by atoms with Gasteiger partial charge in [-0.3, -0.25) is 0 Å². The second kappa shape index (κ2) is 7.10. The van der Waals surface area contributed by atoms with Gasteiger partial charge in [0.2, 0.25) is 0 Å². The molecule has 1 rings (SSSR count). The van der Waals surface area contributed by atoms with Crippen LogP contribution in [-0.2, 0) is 4.74 Å². The maximum atomic E-state index is 11.6. The van der Waals surface area contributed by atoms with E-state index in [9.17, 15) is 4.79 Å². The smallest absolute Gasteiger partial charge is 0.407 e. The number of hydrogen-bond donors (Lipinski definition) is 2. The first kappa shape index (κ1) is 16.2. The van der Waals surface area contributed by atoms with E-state index in [2.05, 4.69) is 29.5 Å². The number of nitrogens with one attached hydrogen (secondary N) is 2. The zero-order chi connectivity index (χ0) is 14.5. The van der Waals surface area contributed by atoms with Crippen LogP contribution in [-0.4, -0.2) is 55.4 Å². The molecule has 0 spiro atoms. The van der Waals surface area contributed by atoms with Crippen molar-refractivity contribution in [2.45, 2.75) is 58.2 Å². The highest BCUT2D eigenvalue weighted by Gasteiger charge is 2.31. The lowest BCUT2D eigenvalue weighted by molar-refractivity contribution is 0.0465. The number of hydrogen-bond acceptors (Lipinski definition) is 4. The Hall–Kier alpha value is -0.810. The Morgan fingerprint density at radius 1 is 1.32 bits per heavy atom. The van der Waals surface area contributed by atoms with Crippen LogP contribution < -0.4 is 10.6 Å². The fourth-order valence-corrected chi connectivity index (χ4v) is 1.99. The quantitative estimate of drug-likeness (QED) is 0.770. The summed E-state index contributed by atoms with van der Waals surface area (Å²) in [7, 11) is 2.12. The van der Waals surface area contributed by atoms with Gasteiger partial charge in [0.05, 0.1) is 0 Å². The molecular formula is C14H29N3O2. The second-order valence-electron chi connectivity index (χ2n) is 6.36. The standard InChI is InChI=1S/C14H29N3O2/c1-6-17(5)8-7-15-11-9-12(10-11)16-13(18)19-14(2,3)4/h11-12,15H,6-10H2,1-5H3,(H,16,18). The van der Waals surface area contributed by atoms with Crippen molar-refractivity contribution >= 4 is 6.09 Å². The maximum absolute atomic E-state index is 11.6. The summed E-state index contributed by atoms with van der Waals surface area (Å²) in [5, 5.41) is 6.40. The summed E-state index contributed by atoms with van der Waals surface area (Å²) in [5.74, 6) is 0. The largest absolute Gasteiger partial charge is 0.444 e. The molecule has 5 nitrogen and oxygen atoms in total. The highest BCUT2D eigenvalue weighted by Crippen LogP contribution is 2.20. The van der Waals surface area contributed by atoms with E-state index < -0.39 is 5.60 Å². The van der Waals surface area contributed by atoms with Crippen molar-refractivity contribution in [1.29, 1.82) is 0 Å². The predicted molar refractivity (Wildman–Crippen MR) is 77.4 cm³/mol. The van der Waals surface area contributed by atoms with Gasteiger partial charge in [-0.15, -0.1) is 0 Å². The average Bonchev–Trinajstić information content (AvgIpc) is 2.22. The molecule has 0 saturated heterocycles. The molecule has 0 unspecified atom stereocenters. The summed E-state index contributed by atoms with van der Waals surface area (Å²) >= 11 is 0. The Bertz CT molecular complexity index is 283. The van der Waals surface area contributed by atoms with E-state index in [0.29, 0.717) is 6.04 Å². The van der Waals surface area contributed by atoms with Crippen LogP contribution in [0.25, 0.3) is 0 Å². The third kappa shape index (κ3) is 6.78. The predicted octanol–water partition coefficient (Wildman–Crippen LogP) is 1.58. The average molecular weight is 271 g/mol. The lowest BCUT2D eigenvalue weighted by Gasteiger charge is -2.37. The second-order valence-corrected chi connectivity index (χ2v) is 6.36. The van der Waals surface area contributed by atoms with Gasteiger partial charge in [0.1, 0.15) is 5.60 Å². The van der Waals surface area contributed by atoms with Gasteiger partial charge in [-0.2, -0.15) is 0 Å². The van der Waals surface area contributed by atoms with Gasteiger partial charge in [0.15, 0.2) is 0 Å². The molecule has 1 aliphatic carbocycles. The number of amides is 1. The van der Waals surface area contributed by atoms with Gasteiger partial charge in [0.25, 0.3) is 0 Å². The highest BCUT2D eigenvalue weighted by molar-refractivity contribution is 5.68. The molecule has 0 heterocycles. The lowest BCUT2D eigenvalue weighted by Crippen LogP contribution is -2.54. The van der Waals surface area contributed by atoms with Crippen molar-refractivity contribution in [2.75, 3.05) is 26.7 Å². The Kier molecular flexibility index (Phi) is 6.07. The minimum Gasteiger partial charge on any atom is -0.444 e. The van der Waals surface area contributed by atoms with E-state index >= 15 is 0 Å². The summed E-state index contributed by atoms with van der Waals surface area (Å²) in [6.07, 6.45) is 1.69. The molecular weight excluding hydrogens is 242 g/mol. The first-order valence-electron chi connectivity index (χ1n) is 7.21. The van der Waals surface area contributed by atoms with E-state index in [1.807, 2.05) is 20.8 Å². The van der Waals surface area contributed by atoms with Gasteiger partial charge in [-0.1, -0.05) is 6.92 Å². The van der Waals surface area contributed by atoms with Crippen molar-refractivity contribution in [2.24, 2.45) is 0 Å². The van der Waals surface area contributed by atoms with Crippen LogP contribution in [0.2, 0.25) is 0 Å². The number of rotatable bonds is 6. The Balaban J connectivity index is 2.05. The number of carbonyl (C=O) groups is 1. The summed E-state index contributed by atoms with van der Waals surface area (Å²) in [5.41, 5.74) is -0.420. The van der Waals surface area contributed by atoms with Crippen LogP contribution >= 0.6 is 0 Å². The Morgan fingerprint density at radius 3 is 2.47 bits per heavy atom. The van der Waals surface area contributed by atoms with Gasteiger partial charge in [-0.05, 0) is 47.2 Å². The maximum Gasteiger partial charge on any atom is 0.407 e. The van der Waals surface area contributed by atoms with Crippen LogP contribution in [0.3, 0.4) is 0 Å². The fourth-order valence-electron chi connectivity index (χ4n) is 1.99. The first-order chi connectivity index (χ1) is 8.80. The summed E-state index contributed by atoms with van der Waals surface area (Å²) in [6.45, 7) is 10.9. The molecule has 0 aromatic rings. The molecule has 0 aromatic heterocycles. The molecule has 112 valence electrons. The van der Waals surface area contributed by atoms with Gasteiger partial charge < -0.3 is 20.3 Å². The zero-order valence-corrected chi connectivity index (χ0v) is 13.0. The fraction of sp³-hybridized carbons (Fsp3) is 0.929. The van der Waals surface area contributed by atoms with Crippen molar-refractivity contribution in [3.05, 3.63) is 0 Å². The molecule has 1 aliphatic rings. The minimum atomic E-state index is -0.420. The van der Waals surface area contributed by atoms with Crippen LogP contribution in [0.15, 0.2) is 0 Å². The summed E-state index contributed by atoms with van der Waals surface area (Å²) in [4.78, 5) is 13.8. The molecule has 1 amide bonds. The Labute approximate surface area is 117 Å². The minimum absolute atomic E-state index is 0.260. The van der Waals surface area contributed by atoms with Gasteiger partial charge in [-0.25, -0.2) is 4.79 Å². The lowest BCUT2D eigenvalue weighted by atomic mass is 9.87. The molecule has 1 fully saturated rings. The molecule has 0 aliphatic heterocycles. The van der Waals surface area contributed by atoms with Crippen molar-refractivity contribution in [3.63, 3.8) is 0 Å². The van der Waals surface area contributed by atoms with E-state index in [1.54, 1.807) is 0 Å².